The number of aromatic nitrogens is 2. The SMILES string of the molecule is Cc1cnc(N2CCN(CC3CCC3)CC2)nc1. The van der Waals surface area contributed by atoms with Gasteiger partial charge in [0.1, 0.15) is 0 Å². The number of rotatable bonds is 3. The van der Waals surface area contributed by atoms with Crippen LogP contribution in [-0.2, 0) is 0 Å². The van der Waals surface area contributed by atoms with Crippen molar-refractivity contribution in [2.75, 3.05) is 37.6 Å². The lowest BCUT2D eigenvalue weighted by molar-refractivity contribution is 0.170. The van der Waals surface area contributed by atoms with Crippen LogP contribution in [0.2, 0.25) is 0 Å². The molecule has 2 heterocycles. The third kappa shape index (κ3) is 2.64. The summed E-state index contributed by atoms with van der Waals surface area (Å²) in [4.78, 5) is 13.7. The van der Waals surface area contributed by atoms with Crippen molar-refractivity contribution in [3.05, 3.63) is 18.0 Å². The molecule has 0 radical (unpaired) electrons. The molecule has 0 unspecified atom stereocenters. The fourth-order valence-corrected chi connectivity index (χ4v) is 2.72. The largest absolute Gasteiger partial charge is 0.338 e. The summed E-state index contributed by atoms with van der Waals surface area (Å²) < 4.78 is 0. The van der Waals surface area contributed by atoms with E-state index >= 15 is 0 Å². The molecule has 0 N–H and O–H groups in total. The van der Waals surface area contributed by atoms with Crippen LogP contribution in [0.1, 0.15) is 24.8 Å². The minimum absolute atomic E-state index is 0.892. The molecule has 98 valence electrons. The van der Waals surface area contributed by atoms with Crippen molar-refractivity contribution in [3.8, 4) is 0 Å². The van der Waals surface area contributed by atoms with E-state index in [0.29, 0.717) is 0 Å². The van der Waals surface area contributed by atoms with Crippen molar-refractivity contribution >= 4 is 5.95 Å². The van der Waals surface area contributed by atoms with E-state index in [2.05, 4.69) is 19.8 Å². The van der Waals surface area contributed by atoms with Gasteiger partial charge in [-0.3, -0.25) is 4.90 Å². The average molecular weight is 246 g/mol. The van der Waals surface area contributed by atoms with Crippen LogP contribution in [0.4, 0.5) is 5.95 Å². The molecule has 2 fully saturated rings. The van der Waals surface area contributed by atoms with Gasteiger partial charge in [-0.1, -0.05) is 6.42 Å². The Kier molecular flexibility index (Phi) is 3.46. The molecule has 0 bridgehead atoms. The van der Waals surface area contributed by atoms with E-state index < -0.39 is 0 Å². The molecule has 4 nitrogen and oxygen atoms in total. The molecule has 4 heteroatoms. The zero-order chi connectivity index (χ0) is 12.4. The minimum Gasteiger partial charge on any atom is -0.338 e. The molecule has 1 aliphatic heterocycles. The standard InChI is InChI=1S/C14H22N4/c1-12-9-15-14(16-10-12)18-7-5-17(6-8-18)11-13-3-2-4-13/h9-10,13H,2-8,11H2,1H3. The molecular formula is C14H22N4. The van der Waals surface area contributed by atoms with E-state index in [1.807, 2.05) is 19.3 Å². The number of anilines is 1. The van der Waals surface area contributed by atoms with Crippen LogP contribution in [0.15, 0.2) is 12.4 Å². The molecular weight excluding hydrogens is 224 g/mol. The summed E-state index contributed by atoms with van der Waals surface area (Å²) in [6.45, 7) is 7.79. The van der Waals surface area contributed by atoms with Crippen LogP contribution in [0, 0.1) is 12.8 Å². The highest BCUT2D eigenvalue weighted by atomic mass is 15.3. The van der Waals surface area contributed by atoms with Crippen LogP contribution in [0.25, 0.3) is 0 Å². The molecule has 18 heavy (non-hydrogen) atoms. The maximum absolute atomic E-state index is 4.41. The lowest BCUT2D eigenvalue weighted by Crippen LogP contribution is -2.48. The Morgan fingerprint density at radius 1 is 1.11 bits per heavy atom. The first-order chi connectivity index (χ1) is 8.81. The number of piperazine rings is 1. The summed E-state index contributed by atoms with van der Waals surface area (Å²) in [7, 11) is 0. The molecule has 2 aliphatic rings. The van der Waals surface area contributed by atoms with Gasteiger partial charge in [-0.15, -0.1) is 0 Å². The number of hydrogen-bond acceptors (Lipinski definition) is 4. The van der Waals surface area contributed by atoms with Gasteiger partial charge in [0.25, 0.3) is 0 Å². The van der Waals surface area contributed by atoms with Gasteiger partial charge in [-0.05, 0) is 31.2 Å². The second-order valence-corrected chi connectivity index (χ2v) is 5.65. The summed E-state index contributed by atoms with van der Waals surface area (Å²) in [5, 5.41) is 0. The molecule has 0 atom stereocenters. The van der Waals surface area contributed by atoms with Crippen LogP contribution in [-0.4, -0.2) is 47.6 Å². The highest BCUT2D eigenvalue weighted by Gasteiger charge is 2.24. The monoisotopic (exact) mass is 246 g/mol. The number of nitrogens with zero attached hydrogens (tertiary/aromatic N) is 4. The highest BCUT2D eigenvalue weighted by molar-refractivity contribution is 5.30. The lowest BCUT2D eigenvalue weighted by Gasteiger charge is -2.38. The second-order valence-electron chi connectivity index (χ2n) is 5.65. The van der Waals surface area contributed by atoms with Crippen molar-refractivity contribution in [2.45, 2.75) is 26.2 Å². The Morgan fingerprint density at radius 2 is 1.78 bits per heavy atom. The molecule has 0 spiro atoms. The van der Waals surface area contributed by atoms with Gasteiger partial charge in [0, 0.05) is 45.1 Å². The van der Waals surface area contributed by atoms with E-state index in [1.54, 1.807) is 0 Å². The van der Waals surface area contributed by atoms with Gasteiger partial charge < -0.3 is 4.90 Å². The highest BCUT2D eigenvalue weighted by Crippen LogP contribution is 2.27. The topological polar surface area (TPSA) is 32.3 Å². The summed E-state index contributed by atoms with van der Waals surface area (Å²) in [6, 6.07) is 0. The zero-order valence-electron chi connectivity index (χ0n) is 11.2. The van der Waals surface area contributed by atoms with E-state index in [1.165, 1.54) is 25.8 Å². The van der Waals surface area contributed by atoms with Gasteiger partial charge >= 0.3 is 0 Å². The quantitative estimate of drug-likeness (QED) is 0.812. The van der Waals surface area contributed by atoms with Gasteiger partial charge in [0.2, 0.25) is 5.95 Å². The lowest BCUT2D eigenvalue weighted by atomic mass is 9.85. The molecule has 1 aliphatic carbocycles. The zero-order valence-corrected chi connectivity index (χ0v) is 11.2. The first kappa shape index (κ1) is 11.9. The predicted molar refractivity (Wildman–Crippen MR) is 72.8 cm³/mol. The van der Waals surface area contributed by atoms with Crippen LogP contribution in [0.5, 0.6) is 0 Å². The van der Waals surface area contributed by atoms with E-state index in [-0.39, 0.29) is 0 Å². The summed E-state index contributed by atoms with van der Waals surface area (Å²) in [5.74, 6) is 1.87. The molecule has 1 aromatic rings. The Hall–Kier alpha value is -1.16. The van der Waals surface area contributed by atoms with E-state index in [0.717, 1.165) is 43.6 Å². The average Bonchev–Trinajstić information content (AvgIpc) is 2.36. The van der Waals surface area contributed by atoms with Crippen LogP contribution in [0.3, 0.4) is 0 Å². The van der Waals surface area contributed by atoms with Crippen molar-refractivity contribution in [3.63, 3.8) is 0 Å². The van der Waals surface area contributed by atoms with E-state index in [9.17, 15) is 0 Å². The minimum atomic E-state index is 0.892. The normalized spacial score (nSPS) is 21.9. The maximum Gasteiger partial charge on any atom is 0.225 e. The Labute approximate surface area is 109 Å². The first-order valence-electron chi connectivity index (χ1n) is 7.07. The number of hydrogen-bond donors (Lipinski definition) is 0. The molecule has 0 aromatic carbocycles. The third-order valence-corrected chi connectivity index (χ3v) is 4.16. The van der Waals surface area contributed by atoms with Crippen molar-refractivity contribution in [2.24, 2.45) is 5.92 Å². The number of aryl methyl sites for hydroxylation is 1. The van der Waals surface area contributed by atoms with Gasteiger partial charge in [0.15, 0.2) is 0 Å². The Morgan fingerprint density at radius 3 is 2.33 bits per heavy atom. The predicted octanol–water partition coefficient (Wildman–Crippen LogP) is 1.71. The smallest absolute Gasteiger partial charge is 0.225 e. The fraction of sp³-hybridized carbons (Fsp3) is 0.714. The molecule has 1 saturated heterocycles. The first-order valence-corrected chi connectivity index (χ1v) is 7.07. The Balaban J connectivity index is 1.51. The van der Waals surface area contributed by atoms with E-state index in [4.69, 9.17) is 0 Å². The molecule has 0 amide bonds. The second kappa shape index (κ2) is 5.22. The van der Waals surface area contributed by atoms with Crippen molar-refractivity contribution in [1.82, 2.24) is 14.9 Å². The molecule has 3 rings (SSSR count). The van der Waals surface area contributed by atoms with Crippen molar-refractivity contribution < 1.29 is 0 Å². The van der Waals surface area contributed by atoms with Crippen LogP contribution >= 0.6 is 0 Å². The van der Waals surface area contributed by atoms with Gasteiger partial charge in [-0.25, -0.2) is 9.97 Å². The molecule has 1 saturated carbocycles. The Bertz CT molecular complexity index is 377. The summed E-state index contributed by atoms with van der Waals surface area (Å²) >= 11 is 0. The van der Waals surface area contributed by atoms with Gasteiger partial charge in [-0.2, -0.15) is 0 Å². The fourth-order valence-electron chi connectivity index (χ4n) is 2.72. The maximum atomic E-state index is 4.41. The summed E-state index contributed by atoms with van der Waals surface area (Å²) in [6.07, 6.45) is 8.15. The molecule has 1 aromatic heterocycles. The van der Waals surface area contributed by atoms with Crippen molar-refractivity contribution in [1.29, 1.82) is 0 Å². The third-order valence-electron chi connectivity index (χ3n) is 4.16. The van der Waals surface area contributed by atoms with Crippen LogP contribution < -0.4 is 4.90 Å². The van der Waals surface area contributed by atoms with Gasteiger partial charge in [0.05, 0.1) is 0 Å². The summed E-state index contributed by atoms with van der Waals surface area (Å²) in [5.41, 5.74) is 1.13.